The van der Waals surface area contributed by atoms with Crippen LogP contribution in [0.15, 0.2) is 0 Å². The van der Waals surface area contributed by atoms with E-state index in [1.165, 1.54) is 0 Å². The van der Waals surface area contributed by atoms with Gasteiger partial charge >= 0.3 is 6.18 Å². The zero-order valence-corrected chi connectivity index (χ0v) is 4.24. The molecule has 0 N–H and O–H groups in total. The van der Waals surface area contributed by atoms with Crippen LogP contribution in [0.5, 0.6) is 0 Å². The van der Waals surface area contributed by atoms with Gasteiger partial charge in [0.25, 0.3) is 0 Å². The molecule has 0 aliphatic carbocycles. The number of halogens is 4. The quantitative estimate of drug-likeness (QED) is 0.342. The lowest BCUT2D eigenvalue weighted by Crippen LogP contribution is -2.17. The molecule has 0 spiro atoms. The summed E-state index contributed by atoms with van der Waals surface area (Å²) >= 11 is 0. The molecule has 2 nitrogen and oxygen atoms in total. The largest absolute Gasteiger partial charge is 0.411 e. The van der Waals surface area contributed by atoms with Gasteiger partial charge in [0, 0.05) is 0 Å². The van der Waals surface area contributed by atoms with E-state index in [0.29, 0.717) is 0 Å². The fraction of sp³-hybridized carbons (Fsp3) is 1.00. The third kappa shape index (κ3) is 7.64. The van der Waals surface area contributed by atoms with Crippen LogP contribution in [-0.4, -0.2) is 19.6 Å². The third-order valence-corrected chi connectivity index (χ3v) is 0.394. The SMILES string of the molecule is FOCOCC(F)(F)F. The van der Waals surface area contributed by atoms with Gasteiger partial charge in [-0.25, -0.2) is 0 Å². The van der Waals surface area contributed by atoms with E-state index in [9.17, 15) is 17.7 Å². The van der Waals surface area contributed by atoms with E-state index >= 15 is 0 Å². The number of hydrogen-bond acceptors (Lipinski definition) is 2. The normalized spacial score (nSPS) is 12.0. The zero-order chi connectivity index (χ0) is 7.33. The lowest BCUT2D eigenvalue weighted by molar-refractivity contribution is -0.249. The van der Waals surface area contributed by atoms with Gasteiger partial charge in [-0.05, 0) is 4.53 Å². The van der Waals surface area contributed by atoms with Crippen LogP contribution >= 0.6 is 0 Å². The second-order valence-corrected chi connectivity index (χ2v) is 1.19. The molecule has 9 heavy (non-hydrogen) atoms. The van der Waals surface area contributed by atoms with Gasteiger partial charge in [-0.1, -0.05) is 0 Å². The van der Waals surface area contributed by atoms with E-state index < -0.39 is 19.6 Å². The number of ether oxygens (including phenoxy) is 1. The lowest BCUT2D eigenvalue weighted by atomic mass is 10.7. The molecule has 0 radical (unpaired) electrons. The van der Waals surface area contributed by atoms with Gasteiger partial charge in [-0.15, -0.1) is 0 Å². The number of alkyl halides is 3. The highest BCUT2D eigenvalue weighted by molar-refractivity contribution is 4.42. The maximum absolute atomic E-state index is 11.1. The summed E-state index contributed by atoms with van der Waals surface area (Å²) in [6.45, 7) is -2.48. The highest BCUT2D eigenvalue weighted by Gasteiger charge is 2.27. The van der Waals surface area contributed by atoms with E-state index in [-0.39, 0.29) is 0 Å². The Morgan fingerprint density at radius 1 is 1.22 bits per heavy atom. The Labute approximate surface area is 48.3 Å². The van der Waals surface area contributed by atoms with Crippen molar-refractivity contribution in [3.05, 3.63) is 0 Å². The van der Waals surface area contributed by atoms with Crippen LogP contribution in [0.1, 0.15) is 0 Å². The smallest absolute Gasteiger partial charge is 0.342 e. The predicted molar refractivity (Wildman–Crippen MR) is 19.1 cm³/mol. The standard InChI is InChI=1S/C3H4F4O2/c4-3(5,6)1-8-2-9-7/h1-2H2. The Bertz CT molecular complexity index is 70.7. The van der Waals surface area contributed by atoms with Gasteiger partial charge in [0.1, 0.15) is 6.61 Å². The van der Waals surface area contributed by atoms with E-state index in [2.05, 4.69) is 9.68 Å². The average molecular weight is 148 g/mol. The Kier molecular flexibility index (Phi) is 3.48. The summed E-state index contributed by atoms with van der Waals surface area (Å²) in [6, 6.07) is 0. The second kappa shape index (κ2) is 3.62. The fourth-order valence-electron chi connectivity index (χ4n) is 0.189. The molecule has 0 aliphatic heterocycles. The molecule has 0 rings (SSSR count). The minimum Gasteiger partial charge on any atom is -0.342 e. The first-order valence-electron chi connectivity index (χ1n) is 1.94. The molecule has 0 aliphatic rings. The summed E-state index contributed by atoms with van der Waals surface area (Å²) in [4.78, 5) is 2.72. The Balaban J connectivity index is 3.07. The lowest BCUT2D eigenvalue weighted by Gasteiger charge is -2.03. The maximum Gasteiger partial charge on any atom is 0.411 e. The molecule has 0 amide bonds. The molecule has 0 aromatic heterocycles. The Morgan fingerprint density at radius 3 is 2.11 bits per heavy atom. The van der Waals surface area contributed by atoms with Gasteiger partial charge in [-0.3, -0.25) is 0 Å². The Morgan fingerprint density at radius 2 is 1.78 bits per heavy atom. The van der Waals surface area contributed by atoms with Crippen LogP contribution in [0.3, 0.4) is 0 Å². The summed E-state index contributed by atoms with van der Waals surface area (Å²) in [5.74, 6) is 0. The third-order valence-electron chi connectivity index (χ3n) is 0.394. The van der Waals surface area contributed by atoms with Gasteiger partial charge in [0.15, 0.2) is 6.79 Å². The van der Waals surface area contributed by atoms with Gasteiger partial charge in [0.05, 0.1) is 0 Å². The molecule has 0 atom stereocenters. The van der Waals surface area contributed by atoms with E-state index in [4.69, 9.17) is 0 Å². The first-order valence-corrected chi connectivity index (χ1v) is 1.94. The van der Waals surface area contributed by atoms with Crippen LogP contribution in [0, 0.1) is 0 Å². The topological polar surface area (TPSA) is 18.5 Å². The van der Waals surface area contributed by atoms with Crippen LogP contribution in [0.2, 0.25) is 0 Å². The Hall–Kier alpha value is -0.360. The molecule has 0 unspecified atom stereocenters. The van der Waals surface area contributed by atoms with Crippen molar-refractivity contribution in [2.24, 2.45) is 0 Å². The van der Waals surface area contributed by atoms with Crippen molar-refractivity contribution in [1.29, 1.82) is 0 Å². The summed E-state index contributed by atoms with van der Waals surface area (Å²) in [6.07, 6.45) is -4.42. The van der Waals surface area contributed by atoms with E-state index in [1.54, 1.807) is 0 Å². The molecular formula is C3H4F4O2. The molecular weight excluding hydrogens is 144 g/mol. The van der Waals surface area contributed by atoms with Crippen molar-refractivity contribution in [1.82, 2.24) is 0 Å². The van der Waals surface area contributed by atoms with Crippen molar-refractivity contribution in [2.45, 2.75) is 6.18 Å². The molecule has 56 valence electrons. The van der Waals surface area contributed by atoms with Crippen molar-refractivity contribution >= 4 is 0 Å². The molecule has 6 heteroatoms. The molecule has 0 aromatic carbocycles. The maximum atomic E-state index is 11.1. The minimum absolute atomic E-state index is 0.987. The van der Waals surface area contributed by atoms with Crippen molar-refractivity contribution in [3.63, 3.8) is 0 Å². The average Bonchev–Trinajstić information content (AvgIpc) is 1.63. The molecule has 0 heterocycles. The second-order valence-electron chi connectivity index (χ2n) is 1.19. The molecule has 0 aromatic rings. The zero-order valence-electron chi connectivity index (χ0n) is 4.24. The molecule has 0 saturated carbocycles. The van der Waals surface area contributed by atoms with Gasteiger partial charge in [-0.2, -0.15) is 18.1 Å². The predicted octanol–water partition coefficient (Wildman–Crippen LogP) is 1.42. The summed E-state index contributed by atoms with van der Waals surface area (Å²) in [7, 11) is 0. The van der Waals surface area contributed by atoms with Crippen LogP contribution in [0.4, 0.5) is 17.7 Å². The summed E-state index contributed by atoms with van der Waals surface area (Å²) in [5, 5.41) is 0. The number of hydrogen-bond donors (Lipinski definition) is 0. The first kappa shape index (κ1) is 8.64. The summed E-state index contributed by atoms with van der Waals surface area (Å²) in [5.41, 5.74) is 0. The monoisotopic (exact) mass is 148 g/mol. The van der Waals surface area contributed by atoms with Crippen molar-refractivity contribution < 1.29 is 27.4 Å². The van der Waals surface area contributed by atoms with Crippen LogP contribution in [-0.2, 0) is 9.68 Å². The van der Waals surface area contributed by atoms with Gasteiger partial charge < -0.3 is 4.74 Å². The fourth-order valence-corrected chi connectivity index (χ4v) is 0.189. The van der Waals surface area contributed by atoms with Crippen LogP contribution < -0.4 is 0 Å². The van der Waals surface area contributed by atoms with Gasteiger partial charge in [0.2, 0.25) is 0 Å². The van der Waals surface area contributed by atoms with E-state index in [0.717, 1.165) is 0 Å². The highest BCUT2D eigenvalue weighted by Crippen LogP contribution is 2.13. The van der Waals surface area contributed by atoms with E-state index in [1.807, 2.05) is 0 Å². The van der Waals surface area contributed by atoms with Crippen LogP contribution in [0.25, 0.3) is 0 Å². The molecule has 0 fully saturated rings. The minimum atomic E-state index is -4.42. The molecule has 0 bridgehead atoms. The van der Waals surface area contributed by atoms with Crippen molar-refractivity contribution in [3.8, 4) is 0 Å². The molecule has 0 saturated heterocycles. The van der Waals surface area contributed by atoms with Crippen molar-refractivity contribution in [2.75, 3.05) is 13.4 Å². The number of rotatable bonds is 3. The summed E-state index contributed by atoms with van der Waals surface area (Å²) < 4.78 is 47.4. The first-order chi connectivity index (χ1) is 4.06. The highest BCUT2D eigenvalue weighted by atomic mass is 19.4.